The zero-order valence-electron chi connectivity index (χ0n) is 13.0. The fourth-order valence-electron chi connectivity index (χ4n) is 2.99. The maximum atomic E-state index is 5.74. The summed E-state index contributed by atoms with van der Waals surface area (Å²) in [4.78, 5) is 7.19. The van der Waals surface area contributed by atoms with Gasteiger partial charge in [-0.25, -0.2) is 9.67 Å². The van der Waals surface area contributed by atoms with Crippen LogP contribution >= 0.6 is 0 Å². The molecular weight excluding hydrogens is 268 g/mol. The molecule has 1 aromatic rings. The van der Waals surface area contributed by atoms with E-state index in [-0.39, 0.29) is 6.10 Å². The number of nitrogens with zero attached hydrogens (tertiary/aromatic N) is 4. The Kier molecular flexibility index (Phi) is 5.22. The monoisotopic (exact) mass is 294 g/mol. The van der Waals surface area contributed by atoms with Crippen molar-refractivity contribution in [2.45, 2.75) is 51.8 Å². The minimum atomic E-state index is 0.102. The van der Waals surface area contributed by atoms with Crippen molar-refractivity contribution in [3.05, 3.63) is 11.6 Å². The lowest BCUT2D eigenvalue weighted by atomic mass is 10.1. The van der Waals surface area contributed by atoms with E-state index in [0.717, 1.165) is 31.2 Å². The Balaban J connectivity index is 1.66. The maximum Gasteiger partial charge on any atom is 0.150 e. The number of likely N-dealkylation sites (tertiary alicyclic amines) is 1. The first-order chi connectivity index (χ1) is 10.3. The second-order valence-electron chi connectivity index (χ2n) is 5.88. The molecule has 0 aromatic carbocycles. The molecule has 6 nitrogen and oxygen atoms in total. The molecule has 1 unspecified atom stereocenters. The van der Waals surface area contributed by atoms with Crippen LogP contribution in [0.3, 0.4) is 0 Å². The molecule has 2 aliphatic heterocycles. The summed E-state index contributed by atoms with van der Waals surface area (Å²) in [6.07, 6.45) is 4.94. The van der Waals surface area contributed by atoms with Gasteiger partial charge in [-0.05, 0) is 25.9 Å². The number of hydrogen-bond donors (Lipinski definition) is 0. The van der Waals surface area contributed by atoms with Gasteiger partial charge in [0.05, 0.1) is 32.9 Å². The second-order valence-corrected chi connectivity index (χ2v) is 5.88. The van der Waals surface area contributed by atoms with Crippen LogP contribution in [0, 0.1) is 0 Å². The third-order valence-electron chi connectivity index (χ3n) is 4.18. The standard InChI is InChI=1S/C15H26N4O2/c1-2-14-16-15(11-18-6-4-3-5-7-18)19(17-14)10-13-12-20-8-9-21-13/h13H,2-12H2,1H3. The summed E-state index contributed by atoms with van der Waals surface area (Å²) >= 11 is 0. The van der Waals surface area contributed by atoms with Gasteiger partial charge < -0.3 is 9.47 Å². The highest BCUT2D eigenvalue weighted by atomic mass is 16.6. The lowest BCUT2D eigenvalue weighted by Gasteiger charge is -2.27. The van der Waals surface area contributed by atoms with Crippen LogP contribution in [0.1, 0.15) is 37.8 Å². The lowest BCUT2D eigenvalue weighted by molar-refractivity contribution is -0.0950. The number of rotatable bonds is 5. The van der Waals surface area contributed by atoms with Gasteiger partial charge in [0.15, 0.2) is 5.82 Å². The average Bonchev–Trinajstić information content (AvgIpc) is 2.91. The minimum Gasteiger partial charge on any atom is -0.376 e. The fourth-order valence-corrected chi connectivity index (χ4v) is 2.99. The normalized spacial score (nSPS) is 24.3. The molecule has 2 saturated heterocycles. The molecule has 21 heavy (non-hydrogen) atoms. The number of aryl methyl sites for hydroxylation is 1. The third kappa shape index (κ3) is 4.02. The van der Waals surface area contributed by atoms with Crippen LogP contribution in [0.4, 0.5) is 0 Å². The summed E-state index contributed by atoms with van der Waals surface area (Å²) in [5, 5.41) is 4.63. The molecular formula is C15H26N4O2. The van der Waals surface area contributed by atoms with E-state index in [2.05, 4.69) is 16.9 Å². The number of aromatic nitrogens is 3. The van der Waals surface area contributed by atoms with E-state index in [1.54, 1.807) is 0 Å². The van der Waals surface area contributed by atoms with E-state index in [1.165, 1.54) is 32.4 Å². The van der Waals surface area contributed by atoms with E-state index in [9.17, 15) is 0 Å². The van der Waals surface area contributed by atoms with Gasteiger partial charge in [-0.2, -0.15) is 5.10 Å². The van der Waals surface area contributed by atoms with E-state index in [4.69, 9.17) is 14.5 Å². The Labute approximate surface area is 126 Å². The molecule has 0 saturated carbocycles. The van der Waals surface area contributed by atoms with Crippen molar-refractivity contribution in [3.8, 4) is 0 Å². The van der Waals surface area contributed by atoms with Gasteiger partial charge in [-0.1, -0.05) is 13.3 Å². The molecule has 2 fully saturated rings. The van der Waals surface area contributed by atoms with Crippen LogP contribution in [0.5, 0.6) is 0 Å². The number of piperidine rings is 1. The van der Waals surface area contributed by atoms with Crippen molar-refractivity contribution in [2.75, 3.05) is 32.9 Å². The Morgan fingerprint density at radius 3 is 2.76 bits per heavy atom. The molecule has 2 aliphatic rings. The minimum absolute atomic E-state index is 0.102. The van der Waals surface area contributed by atoms with Crippen molar-refractivity contribution >= 4 is 0 Å². The summed E-state index contributed by atoms with van der Waals surface area (Å²) in [5.74, 6) is 2.00. The lowest BCUT2D eigenvalue weighted by Crippen LogP contribution is -2.34. The summed E-state index contributed by atoms with van der Waals surface area (Å²) < 4.78 is 13.3. The summed E-state index contributed by atoms with van der Waals surface area (Å²) in [7, 11) is 0. The molecule has 1 aromatic heterocycles. The Bertz CT molecular complexity index is 399. The van der Waals surface area contributed by atoms with Crippen LogP contribution in [0.15, 0.2) is 0 Å². The van der Waals surface area contributed by atoms with Gasteiger partial charge >= 0.3 is 0 Å². The van der Waals surface area contributed by atoms with E-state index >= 15 is 0 Å². The van der Waals surface area contributed by atoms with Crippen molar-refractivity contribution in [2.24, 2.45) is 0 Å². The van der Waals surface area contributed by atoms with Gasteiger partial charge in [-0.15, -0.1) is 0 Å². The van der Waals surface area contributed by atoms with Crippen molar-refractivity contribution in [1.29, 1.82) is 0 Å². The molecule has 0 radical (unpaired) electrons. The molecule has 3 rings (SSSR count). The Hall–Kier alpha value is -0.980. The van der Waals surface area contributed by atoms with E-state index in [1.807, 2.05) is 4.68 Å². The summed E-state index contributed by atoms with van der Waals surface area (Å²) in [6, 6.07) is 0. The Morgan fingerprint density at radius 1 is 1.19 bits per heavy atom. The topological polar surface area (TPSA) is 52.4 Å². The highest BCUT2D eigenvalue weighted by Gasteiger charge is 2.20. The first kappa shape index (κ1) is 14.9. The number of hydrogen-bond acceptors (Lipinski definition) is 5. The van der Waals surface area contributed by atoms with Gasteiger partial charge in [0.1, 0.15) is 11.9 Å². The molecule has 0 amide bonds. The molecule has 0 aliphatic carbocycles. The van der Waals surface area contributed by atoms with Crippen LogP contribution in [-0.4, -0.2) is 58.7 Å². The van der Waals surface area contributed by atoms with Crippen LogP contribution in [0.2, 0.25) is 0 Å². The van der Waals surface area contributed by atoms with Crippen LogP contribution in [0.25, 0.3) is 0 Å². The van der Waals surface area contributed by atoms with Crippen molar-refractivity contribution in [1.82, 2.24) is 19.7 Å². The van der Waals surface area contributed by atoms with Crippen LogP contribution in [-0.2, 0) is 29.0 Å². The molecule has 118 valence electrons. The predicted molar refractivity (Wildman–Crippen MR) is 79.1 cm³/mol. The first-order valence-electron chi connectivity index (χ1n) is 8.19. The highest BCUT2D eigenvalue weighted by Crippen LogP contribution is 2.13. The van der Waals surface area contributed by atoms with Gasteiger partial charge in [0.2, 0.25) is 0 Å². The average molecular weight is 294 g/mol. The second kappa shape index (κ2) is 7.33. The summed E-state index contributed by atoms with van der Waals surface area (Å²) in [6.45, 7) is 8.15. The highest BCUT2D eigenvalue weighted by molar-refractivity contribution is 4.94. The quantitative estimate of drug-likeness (QED) is 0.818. The zero-order chi connectivity index (χ0) is 14.5. The number of ether oxygens (including phenoxy) is 2. The van der Waals surface area contributed by atoms with E-state index < -0.39 is 0 Å². The predicted octanol–water partition coefficient (Wildman–Crippen LogP) is 1.24. The maximum absolute atomic E-state index is 5.74. The molecule has 0 spiro atoms. The van der Waals surface area contributed by atoms with E-state index in [0.29, 0.717) is 19.8 Å². The largest absolute Gasteiger partial charge is 0.376 e. The molecule has 1 atom stereocenters. The fraction of sp³-hybridized carbons (Fsp3) is 0.867. The summed E-state index contributed by atoms with van der Waals surface area (Å²) in [5.41, 5.74) is 0. The van der Waals surface area contributed by atoms with Gasteiger partial charge in [0, 0.05) is 6.42 Å². The first-order valence-corrected chi connectivity index (χ1v) is 8.19. The van der Waals surface area contributed by atoms with Gasteiger partial charge in [-0.3, -0.25) is 4.90 Å². The van der Waals surface area contributed by atoms with Crippen molar-refractivity contribution < 1.29 is 9.47 Å². The molecule has 0 bridgehead atoms. The molecule has 0 N–H and O–H groups in total. The smallest absolute Gasteiger partial charge is 0.150 e. The van der Waals surface area contributed by atoms with Gasteiger partial charge in [0.25, 0.3) is 0 Å². The molecule has 6 heteroatoms. The molecule has 3 heterocycles. The Morgan fingerprint density at radius 2 is 2.05 bits per heavy atom. The van der Waals surface area contributed by atoms with Crippen molar-refractivity contribution in [3.63, 3.8) is 0 Å². The zero-order valence-corrected chi connectivity index (χ0v) is 13.0. The van der Waals surface area contributed by atoms with Crippen LogP contribution < -0.4 is 0 Å². The third-order valence-corrected chi connectivity index (χ3v) is 4.18. The SMILES string of the molecule is CCc1nc(CN2CCCCC2)n(CC2COCCO2)n1.